The van der Waals surface area contributed by atoms with Crippen molar-refractivity contribution in [3.8, 4) is 11.5 Å². The van der Waals surface area contributed by atoms with Crippen LogP contribution in [0.4, 0.5) is 22.2 Å². The Kier molecular flexibility index (Phi) is 16.5. The number of benzene rings is 2. The lowest BCUT2D eigenvalue weighted by Crippen LogP contribution is -2.56. The van der Waals surface area contributed by atoms with Crippen molar-refractivity contribution in [2.75, 3.05) is 77.7 Å². The number of likely N-dealkylation sites (tertiary alicyclic amines) is 1. The molecule has 3 atom stereocenters. The van der Waals surface area contributed by atoms with Crippen LogP contribution in [0.3, 0.4) is 0 Å². The molecule has 2 aromatic carbocycles. The van der Waals surface area contributed by atoms with E-state index in [0.717, 1.165) is 69.5 Å². The molecule has 2 aromatic heterocycles. The van der Waals surface area contributed by atoms with Crippen LogP contribution in [0.1, 0.15) is 95.7 Å². The number of rotatable bonds is 18. The van der Waals surface area contributed by atoms with Crippen molar-refractivity contribution in [2.24, 2.45) is 5.92 Å². The van der Waals surface area contributed by atoms with Gasteiger partial charge in [0, 0.05) is 69.9 Å². The Hall–Kier alpha value is -6.05. The predicted octanol–water partition coefficient (Wildman–Crippen LogP) is 6.57. The van der Waals surface area contributed by atoms with Crippen molar-refractivity contribution >= 4 is 70.0 Å². The second-order valence-corrected chi connectivity index (χ2v) is 18.4. The highest BCUT2D eigenvalue weighted by Gasteiger charge is 2.41. The molecule has 1 saturated carbocycles. The van der Waals surface area contributed by atoms with Gasteiger partial charge in [-0.1, -0.05) is 43.0 Å². The molecule has 0 bridgehead atoms. The maximum Gasteiger partial charge on any atom is 0.407 e. The van der Waals surface area contributed by atoms with E-state index < -0.39 is 24.1 Å². The van der Waals surface area contributed by atoms with Crippen LogP contribution in [0.15, 0.2) is 54.0 Å². The molecule has 2 aliphatic heterocycles. The Morgan fingerprint density at radius 2 is 1.75 bits per heavy atom. The van der Waals surface area contributed by atoms with Crippen LogP contribution in [0.2, 0.25) is 5.02 Å². The lowest BCUT2D eigenvalue weighted by atomic mass is 9.83. The molecule has 4 N–H and O–H groups in total. The number of carboxylic acid groups (broad SMARTS) is 1. The number of halogens is 1. The molecule has 7 rings (SSSR count). The van der Waals surface area contributed by atoms with Gasteiger partial charge in [-0.25, -0.2) is 14.8 Å². The van der Waals surface area contributed by atoms with E-state index in [2.05, 4.69) is 30.8 Å². The van der Waals surface area contributed by atoms with Gasteiger partial charge in [-0.15, -0.1) is 11.3 Å². The van der Waals surface area contributed by atoms with Gasteiger partial charge >= 0.3 is 6.09 Å². The first-order valence-corrected chi connectivity index (χ1v) is 24.1. The minimum atomic E-state index is -1.22. The molecule has 3 fully saturated rings. The molecule has 18 nitrogen and oxygen atoms in total. The molecule has 0 spiro atoms. The van der Waals surface area contributed by atoms with E-state index >= 15 is 0 Å². The predicted molar refractivity (Wildman–Crippen MR) is 255 cm³/mol. The van der Waals surface area contributed by atoms with Gasteiger partial charge in [-0.3, -0.25) is 29.0 Å². The smallest absolute Gasteiger partial charge is 0.407 e. The van der Waals surface area contributed by atoms with E-state index in [0.29, 0.717) is 82.8 Å². The van der Waals surface area contributed by atoms with Gasteiger partial charge in [0.05, 0.1) is 31.6 Å². The number of nitrogens with one attached hydrogen (secondary N) is 3. The van der Waals surface area contributed by atoms with Gasteiger partial charge in [-0.05, 0) is 75.3 Å². The van der Waals surface area contributed by atoms with Crippen molar-refractivity contribution in [3.05, 3.63) is 80.9 Å². The van der Waals surface area contributed by atoms with E-state index in [9.17, 15) is 29.1 Å². The lowest BCUT2D eigenvalue weighted by molar-refractivity contribution is -0.140. The molecule has 1 aliphatic carbocycles. The zero-order valence-electron chi connectivity index (χ0n) is 38.3. The number of anilines is 3. The van der Waals surface area contributed by atoms with E-state index in [-0.39, 0.29) is 35.3 Å². The number of ether oxygens (including phenoxy) is 2. The molecule has 67 heavy (non-hydrogen) atoms. The molecule has 0 unspecified atom stereocenters. The zero-order chi connectivity index (χ0) is 47.6. The summed E-state index contributed by atoms with van der Waals surface area (Å²) in [6.07, 6.45) is 7.05. The number of carbonyl (C=O) groups is 5. The third-order valence-corrected chi connectivity index (χ3v) is 14.1. The highest BCUT2D eigenvalue weighted by atomic mass is 35.5. The zero-order valence-corrected chi connectivity index (χ0v) is 39.9. The van der Waals surface area contributed by atoms with Gasteiger partial charge in [-0.2, -0.15) is 4.98 Å². The Bertz CT molecular complexity index is 2410. The van der Waals surface area contributed by atoms with Crippen molar-refractivity contribution in [3.63, 3.8) is 0 Å². The first-order valence-electron chi connectivity index (χ1n) is 22.8. The maximum atomic E-state index is 14.3. The number of ketones is 1. The number of likely N-dealkylation sites (N-methyl/N-ethyl adjacent to an activating group) is 1. The molecule has 3 aliphatic rings. The molecular weight excluding hydrogens is 900 g/mol. The Balaban J connectivity index is 0.882. The number of carbonyl (C=O) groups excluding carboxylic acids is 4. The summed E-state index contributed by atoms with van der Waals surface area (Å²) in [5.41, 5.74) is 1.86. The van der Waals surface area contributed by atoms with Crippen LogP contribution < -0.4 is 25.4 Å². The highest BCUT2D eigenvalue weighted by Crippen LogP contribution is 2.37. The molecule has 358 valence electrons. The van der Waals surface area contributed by atoms with Gasteiger partial charge in [0.2, 0.25) is 23.5 Å². The second-order valence-electron chi connectivity index (χ2n) is 17.1. The standard InChI is InChI=1S/C47H59ClN10O8S/c1-29(55(3)47(63)64)42(60)53-39(30-11-6-5-7-12-30)45(62)58-19-9-15-37(58)43-51-36(28-67-43)40(59)31-13-8-14-33(25-31)66-24-10-18-56-20-22-57(23-21-56)44(61)32-16-17-35(38(26-32)65-4)52-46-50-27-34(48)41(49-2)54-46/h8,13-14,16-17,25-30,37,39H,5-7,9-12,15,18-24H2,1-4H3,(H,53,60)(H,63,64)(H2,49,50,52,54)/t29-,37-,39-/m0/s1. The number of amides is 4. The average Bonchev–Trinajstić information content (AvgIpc) is 4.06. The van der Waals surface area contributed by atoms with Gasteiger partial charge in [0.25, 0.3) is 5.91 Å². The number of thiazole rings is 1. The van der Waals surface area contributed by atoms with Crippen molar-refractivity contribution in [1.29, 1.82) is 0 Å². The monoisotopic (exact) mass is 958 g/mol. The Morgan fingerprint density at radius 3 is 2.48 bits per heavy atom. The van der Waals surface area contributed by atoms with Crippen molar-refractivity contribution in [1.82, 2.24) is 39.9 Å². The van der Waals surface area contributed by atoms with Gasteiger partial charge in [0.1, 0.15) is 45.1 Å². The molecule has 4 aromatic rings. The molecule has 20 heteroatoms. The SMILES string of the molecule is CNc1nc(Nc2ccc(C(=O)N3CCN(CCCOc4cccc(C(=O)c5csc([C@@H]6CCCN6C(=O)[C@@H](NC(=O)[C@H](C)N(C)C(=O)O)C6CCCCC6)n5)c4)CC3)cc2OC)ncc1Cl. The fourth-order valence-corrected chi connectivity index (χ4v) is 9.97. The van der Waals surface area contributed by atoms with E-state index in [1.54, 1.807) is 60.8 Å². The minimum Gasteiger partial charge on any atom is -0.495 e. The summed E-state index contributed by atoms with van der Waals surface area (Å²) in [7, 11) is 4.60. The summed E-state index contributed by atoms with van der Waals surface area (Å²) in [6, 6.07) is 10.2. The minimum absolute atomic E-state index is 0.0537. The van der Waals surface area contributed by atoms with E-state index in [4.69, 9.17) is 26.1 Å². The van der Waals surface area contributed by atoms with Crippen LogP contribution in [-0.2, 0) is 9.59 Å². The van der Waals surface area contributed by atoms with Crippen LogP contribution in [-0.4, -0.2) is 148 Å². The van der Waals surface area contributed by atoms with Crippen LogP contribution in [0.5, 0.6) is 11.5 Å². The van der Waals surface area contributed by atoms with Crippen molar-refractivity contribution in [2.45, 2.75) is 76.4 Å². The van der Waals surface area contributed by atoms with Crippen LogP contribution >= 0.6 is 22.9 Å². The number of hydrogen-bond donors (Lipinski definition) is 4. The fourth-order valence-electron chi connectivity index (χ4n) is 8.84. The van der Waals surface area contributed by atoms with E-state index in [1.807, 2.05) is 11.0 Å². The Labute approximate surface area is 399 Å². The third kappa shape index (κ3) is 11.9. The summed E-state index contributed by atoms with van der Waals surface area (Å²) < 4.78 is 11.7. The molecular formula is C47H59ClN10O8S. The first-order chi connectivity index (χ1) is 32.3. The summed E-state index contributed by atoms with van der Waals surface area (Å²) in [4.78, 5) is 86.6. The van der Waals surface area contributed by atoms with Crippen LogP contribution in [0.25, 0.3) is 0 Å². The number of piperazine rings is 1. The summed E-state index contributed by atoms with van der Waals surface area (Å²) >= 11 is 7.46. The number of hydrogen-bond acceptors (Lipinski definition) is 14. The number of aromatic nitrogens is 3. The molecule has 0 radical (unpaired) electrons. The largest absolute Gasteiger partial charge is 0.495 e. The number of nitrogens with zero attached hydrogens (tertiary/aromatic N) is 7. The molecule has 2 saturated heterocycles. The molecule has 4 amide bonds. The maximum absolute atomic E-state index is 14.3. The first kappa shape index (κ1) is 48.9. The topological polar surface area (TPSA) is 212 Å². The highest BCUT2D eigenvalue weighted by molar-refractivity contribution is 7.10. The van der Waals surface area contributed by atoms with Gasteiger partial charge in [0.15, 0.2) is 0 Å². The fraction of sp³-hybridized carbons (Fsp3) is 0.489. The number of methoxy groups -OCH3 is 1. The summed E-state index contributed by atoms with van der Waals surface area (Å²) in [5.74, 6) is 0.787. The van der Waals surface area contributed by atoms with E-state index in [1.165, 1.54) is 31.5 Å². The lowest BCUT2D eigenvalue weighted by Gasteiger charge is -2.35. The molecule has 4 heterocycles. The average molecular weight is 960 g/mol. The summed E-state index contributed by atoms with van der Waals surface area (Å²) in [5, 5.41) is 21.2. The third-order valence-electron chi connectivity index (χ3n) is 12.8. The summed E-state index contributed by atoms with van der Waals surface area (Å²) in [6.45, 7) is 5.84. The Morgan fingerprint density at radius 1 is 0.970 bits per heavy atom. The quantitative estimate of drug-likeness (QED) is 0.0615. The second kappa shape index (κ2) is 22.6. The van der Waals surface area contributed by atoms with Crippen molar-refractivity contribution < 1.29 is 38.6 Å². The van der Waals surface area contributed by atoms with Gasteiger partial charge < -0.3 is 40.3 Å². The normalized spacial score (nSPS) is 17.6. The van der Waals surface area contributed by atoms with Crippen LogP contribution in [0, 0.1) is 5.92 Å².